The van der Waals surface area contributed by atoms with Gasteiger partial charge in [-0.1, -0.05) is 0 Å². The van der Waals surface area contributed by atoms with E-state index >= 15 is 0 Å². The van der Waals surface area contributed by atoms with Crippen LogP contribution in [0.4, 0.5) is 4.39 Å². The maximum Gasteiger partial charge on any atom is 0.141 e. The fraction of sp³-hybridized carbons (Fsp3) is 0.688. The number of rotatable bonds is 9. The van der Waals surface area contributed by atoms with E-state index in [2.05, 4.69) is 16.8 Å². The minimum absolute atomic E-state index is 0.380. The fourth-order valence-corrected chi connectivity index (χ4v) is 2.62. The first-order valence-electron chi connectivity index (χ1n) is 7.64. The lowest BCUT2D eigenvalue weighted by molar-refractivity contribution is 0.0904. The first-order chi connectivity index (χ1) is 10.1. The van der Waals surface area contributed by atoms with Gasteiger partial charge in [0.1, 0.15) is 5.82 Å². The zero-order chi connectivity index (χ0) is 15.2. The van der Waals surface area contributed by atoms with Gasteiger partial charge in [0.15, 0.2) is 0 Å². The van der Waals surface area contributed by atoms with Crippen molar-refractivity contribution in [1.82, 2.24) is 9.88 Å². The summed E-state index contributed by atoms with van der Waals surface area (Å²) >= 11 is 0. The van der Waals surface area contributed by atoms with Crippen molar-refractivity contribution in [1.29, 1.82) is 0 Å². The van der Waals surface area contributed by atoms with Crippen LogP contribution in [0.1, 0.15) is 38.0 Å². The molecular formula is C16H25FN2O2. The second-order valence-electron chi connectivity index (χ2n) is 5.81. The number of pyridine rings is 1. The van der Waals surface area contributed by atoms with Gasteiger partial charge < -0.3 is 9.84 Å². The number of aliphatic hydroxyl groups is 1. The highest BCUT2D eigenvalue weighted by Crippen LogP contribution is 2.35. The summed E-state index contributed by atoms with van der Waals surface area (Å²) in [4.78, 5) is 6.31. The number of aliphatic hydroxyl groups excluding tert-OH is 1. The van der Waals surface area contributed by atoms with Gasteiger partial charge in [0.25, 0.3) is 0 Å². The van der Waals surface area contributed by atoms with Crippen molar-refractivity contribution in [2.45, 2.75) is 38.3 Å². The van der Waals surface area contributed by atoms with Crippen molar-refractivity contribution in [3.63, 3.8) is 0 Å². The Morgan fingerprint density at radius 1 is 1.43 bits per heavy atom. The van der Waals surface area contributed by atoms with E-state index in [1.165, 1.54) is 18.9 Å². The van der Waals surface area contributed by atoms with E-state index in [4.69, 9.17) is 4.74 Å². The van der Waals surface area contributed by atoms with Crippen LogP contribution < -0.4 is 0 Å². The first kappa shape index (κ1) is 16.3. The Kier molecular flexibility index (Phi) is 6.08. The molecule has 1 aromatic rings. The van der Waals surface area contributed by atoms with Crippen LogP contribution in [-0.4, -0.2) is 47.8 Å². The monoisotopic (exact) mass is 296 g/mol. The van der Waals surface area contributed by atoms with Crippen LogP contribution in [0.25, 0.3) is 0 Å². The molecule has 2 unspecified atom stereocenters. The molecule has 0 spiro atoms. The third kappa shape index (κ3) is 5.02. The molecule has 0 radical (unpaired) electrons. The van der Waals surface area contributed by atoms with Crippen molar-refractivity contribution >= 4 is 0 Å². The summed E-state index contributed by atoms with van der Waals surface area (Å²) in [6, 6.07) is 3.40. The minimum atomic E-state index is -0.651. The molecule has 0 saturated heterocycles. The van der Waals surface area contributed by atoms with Crippen LogP contribution in [0.2, 0.25) is 0 Å². The van der Waals surface area contributed by atoms with Gasteiger partial charge in [-0.15, -0.1) is 0 Å². The molecule has 2 rings (SSSR count). The highest BCUT2D eigenvalue weighted by Gasteiger charge is 2.31. The molecule has 0 aromatic carbocycles. The number of nitrogens with zero attached hydrogens (tertiary/aromatic N) is 2. The van der Waals surface area contributed by atoms with Gasteiger partial charge in [0, 0.05) is 26.2 Å². The molecule has 5 heteroatoms. The lowest BCUT2D eigenvalue weighted by Gasteiger charge is -2.29. The molecule has 1 aliphatic rings. The maximum atomic E-state index is 12.8. The molecule has 1 aliphatic carbocycles. The highest BCUT2D eigenvalue weighted by atomic mass is 19.1. The van der Waals surface area contributed by atoms with E-state index in [-0.39, 0.29) is 5.82 Å². The van der Waals surface area contributed by atoms with Crippen LogP contribution in [-0.2, 0) is 4.74 Å². The molecule has 118 valence electrons. The quantitative estimate of drug-likeness (QED) is 0.760. The van der Waals surface area contributed by atoms with Gasteiger partial charge in [0.2, 0.25) is 0 Å². The number of methoxy groups -OCH3 is 1. The van der Waals surface area contributed by atoms with Gasteiger partial charge in [-0.3, -0.25) is 9.88 Å². The van der Waals surface area contributed by atoms with Crippen LogP contribution in [0, 0.1) is 11.7 Å². The molecule has 1 fully saturated rings. The average molecular weight is 296 g/mol. The van der Waals surface area contributed by atoms with E-state index in [1.54, 1.807) is 13.2 Å². The first-order valence-corrected chi connectivity index (χ1v) is 7.64. The van der Waals surface area contributed by atoms with Gasteiger partial charge in [-0.2, -0.15) is 0 Å². The Morgan fingerprint density at radius 3 is 2.76 bits per heavy atom. The Labute approximate surface area is 125 Å². The van der Waals surface area contributed by atoms with Gasteiger partial charge in [-0.25, -0.2) is 4.39 Å². The number of halogens is 1. The van der Waals surface area contributed by atoms with Crippen LogP contribution in [0.3, 0.4) is 0 Å². The fourth-order valence-electron chi connectivity index (χ4n) is 2.62. The average Bonchev–Trinajstić information content (AvgIpc) is 3.32. The maximum absolute atomic E-state index is 12.8. The summed E-state index contributed by atoms with van der Waals surface area (Å²) in [5.74, 6) is 0.401. The normalized spacial score (nSPS) is 18.0. The third-order valence-corrected chi connectivity index (χ3v) is 4.24. The lowest BCUT2D eigenvalue weighted by atomic mass is 10.1. The van der Waals surface area contributed by atoms with Crippen LogP contribution in [0.15, 0.2) is 18.3 Å². The molecule has 1 aromatic heterocycles. The molecule has 2 atom stereocenters. The smallest absolute Gasteiger partial charge is 0.141 e. The van der Waals surface area contributed by atoms with Gasteiger partial charge >= 0.3 is 0 Å². The summed E-state index contributed by atoms with van der Waals surface area (Å²) < 4.78 is 18.0. The Balaban J connectivity index is 1.85. The molecule has 0 aliphatic heterocycles. The number of aromatic nitrogens is 1. The van der Waals surface area contributed by atoms with Crippen molar-refractivity contribution in [2.75, 3.05) is 26.8 Å². The number of ether oxygens (including phenoxy) is 1. The third-order valence-electron chi connectivity index (χ3n) is 4.24. The van der Waals surface area contributed by atoms with Crippen LogP contribution >= 0.6 is 0 Å². The molecule has 4 nitrogen and oxygen atoms in total. The summed E-state index contributed by atoms with van der Waals surface area (Å²) in [7, 11) is 1.71. The summed E-state index contributed by atoms with van der Waals surface area (Å²) in [5, 5.41) is 10.2. The predicted molar refractivity (Wildman–Crippen MR) is 79.4 cm³/mol. The summed E-state index contributed by atoms with van der Waals surface area (Å²) in [5.41, 5.74) is 0.530. The topological polar surface area (TPSA) is 45.6 Å². The molecule has 0 bridgehead atoms. The van der Waals surface area contributed by atoms with E-state index in [0.29, 0.717) is 24.8 Å². The van der Waals surface area contributed by atoms with Crippen LogP contribution in [0.5, 0.6) is 0 Å². The molecule has 1 N–H and O–H groups in total. The largest absolute Gasteiger partial charge is 0.387 e. The number of hydrogen-bond donors (Lipinski definition) is 1. The molecule has 1 saturated carbocycles. The Morgan fingerprint density at radius 2 is 2.19 bits per heavy atom. The number of hydrogen-bond acceptors (Lipinski definition) is 4. The zero-order valence-corrected chi connectivity index (χ0v) is 12.8. The van der Waals surface area contributed by atoms with E-state index in [1.807, 2.05) is 0 Å². The zero-order valence-electron chi connectivity index (χ0n) is 12.8. The second-order valence-corrected chi connectivity index (χ2v) is 5.81. The minimum Gasteiger partial charge on any atom is -0.387 e. The SMILES string of the molecule is COCCN(CCC(O)c1ccc(F)cn1)C(C)C1CC1. The van der Waals surface area contributed by atoms with E-state index in [9.17, 15) is 9.50 Å². The second kappa shape index (κ2) is 7.82. The van der Waals surface area contributed by atoms with E-state index < -0.39 is 6.10 Å². The van der Waals surface area contributed by atoms with Crippen molar-refractivity contribution in [3.05, 3.63) is 29.8 Å². The van der Waals surface area contributed by atoms with E-state index in [0.717, 1.165) is 25.2 Å². The van der Waals surface area contributed by atoms with Crippen molar-refractivity contribution < 1.29 is 14.2 Å². The molecule has 0 amide bonds. The molecular weight excluding hydrogens is 271 g/mol. The van der Waals surface area contributed by atoms with Gasteiger partial charge in [-0.05, 0) is 44.2 Å². The van der Waals surface area contributed by atoms with Crippen molar-refractivity contribution in [3.8, 4) is 0 Å². The molecule has 21 heavy (non-hydrogen) atoms. The highest BCUT2D eigenvalue weighted by molar-refractivity contribution is 5.08. The molecule has 1 heterocycles. The lowest BCUT2D eigenvalue weighted by Crippen LogP contribution is -2.38. The summed E-state index contributed by atoms with van der Waals surface area (Å²) in [6.45, 7) is 4.61. The van der Waals surface area contributed by atoms with Gasteiger partial charge in [0.05, 0.1) is 24.6 Å². The standard InChI is InChI=1S/C16H25FN2O2/c1-12(13-3-4-13)19(9-10-21-2)8-7-16(20)15-6-5-14(17)11-18-15/h5-6,11-13,16,20H,3-4,7-10H2,1-2H3. The van der Waals surface area contributed by atoms with Crippen molar-refractivity contribution in [2.24, 2.45) is 5.92 Å². The predicted octanol–water partition coefficient (Wildman–Crippen LogP) is 2.39. The summed E-state index contributed by atoms with van der Waals surface area (Å²) in [6.07, 6.45) is 3.69. The Hall–Kier alpha value is -1.04. The Bertz CT molecular complexity index is 423.